The number of nitrogens with zero attached hydrogens (tertiary/aromatic N) is 3. The number of nitrogens with one attached hydrogen (secondary N) is 1. The number of hydrogen-bond acceptors (Lipinski definition) is 8. The van der Waals surface area contributed by atoms with Gasteiger partial charge in [-0.25, -0.2) is 0 Å². The van der Waals surface area contributed by atoms with Crippen LogP contribution in [-0.4, -0.2) is 33.9 Å². The first-order valence-corrected chi connectivity index (χ1v) is 9.11. The molecule has 1 N–H and O–H groups in total. The van der Waals surface area contributed by atoms with Gasteiger partial charge >= 0.3 is 0 Å². The number of rotatable bonds is 7. The zero-order valence-corrected chi connectivity index (χ0v) is 15.9. The molecule has 2 aromatic carbocycles. The van der Waals surface area contributed by atoms with Gasteiger partial charge in [-0.05, 0) is 30.7 Å². The number of methoxy groups -OCH3 is 1. The molecule has 28 heavy (non-hydrogen) atoms. The summed E-state index contributed by atoms with van der Waals surface area (Å²) in [6, 6.07) is 11.8. The maximum atomic E-state index is 12.2. The number of ether oxygens (including phenoxy) is 1. The summed E-state index contributed by atoms with van der Waals surface area (Å²) in [5, 5.41) is 21.8. The van der Waals surface area contributed by atoms with E-state index in [-0.39, 0.29) is 22.4 Å². The van der Waals surface area contributed by atoms with Crippen molar-refractivity contribution in [3.63, 3.8) is 0 Å². The van der Waals surface area contributed by atoms with Crippen LogP contribution < -0.4 is 10.1 Å². The molecule has 0 saturated heterocycles. The normalized spacial score (nSPS) is 10.5. The average molecular weight is 400 g/mol. The van der Waals surface area contributed by atoms with Crippen LogP contribution in [0.2, 0.25) is 0 Å². The number of nitro groups is 1. The molecule has 9 nitrogen and oxygen atoms in total. The van der Waals surface area contributed by atoms with E-state index in [4.69, 9.17) is 9.15 Å². The predicted molar refractivity (Wildman–Crippen MR) is 103 cm³/mol. The number of aromatic nitrogens is 2. The molecule has 0 aliphatic heterocycles. The van der Waals surface area contributed by atoms with E-state index in [9.17, 15) is 14.9 Å². The van der Waals surface area contributed by atoms with Gasteiger partial charge in [0.2, 0.25) is 11.8 Å². The van der Waals surface area contributed by atoms with E-state index < -0.39 is 10.8 Å². The molecule has 0 saturated carbocycles. The van der Waals surface area contributed by atoms with Gasteiger partial charge in [-0.15, -0.1) is 10.2 Å². The van der Waals surface area contributed by atoms with Crippen molar-refractivity contribution >= 4 is 29.0 Å². The number of carbonyl (C=O) groups is 1. The van der Waals surface area contributed by atoms with E-state index in [0.29, 0.717) is 11.6 Å². The fourth-order valence-corrected chi connectivity index (χ4v) is 2.96. The number of anilines is 1. The Hall–Kier alpha value is -3.40. The third kappa shape index (κ3) is 4.46. The van der Waals surface area contributed by atoms with Crippen LogP contribution in [0.25, 0.3) is 11.5 Å². The molecule has 0 aliphatic rings. The van der Waals surface area contributed by atoms with Gasteiger partial charge in [-0.2, -0.15) is 0 Å². The maximum absolute atomic E-state index is 12.2. The van der Waals surface area contributed by atoms with Crippen LogP contribution in [0.3, 0.4) is 0 Å². The Bertz CT molecular complexity index is 1020. The monoisotopic (exact) mass is 400 g/mol. The van der Waals surface area contributed by atoms with Crippen LogP contribution in [0.1, 0.15) is 5.56 Å². The molecule has 0 radical (unpaired) electrons. The second-order valence-corrected chi connectivity index (χ2v) is 6.59. The van der Waals surface area contributed by atoms with Crippen molar-refractivity contribution in [3.8, 4) is 17.2 Å². The second kappa shape index (κ2) is 8.53. The number of amides is 1. The van der Waals surface area contributed by atoms with Crippen LogP contribution in [-0.2, 0) is 4.79 Å². The van der Waals surface area contributed by atoms with Crippen LogP contribution in [0, 0.1) is 17.0 Å². The van der Waals surface area contributed by atoms with E-state index in [2.05, 4.69) is 15.5 Å². The number of benzene rings is 2. The first kappa shape index (κ1) is 19.4. The Balaban J connectivity index is 1.64. The first-order valence-electron chi connectivity index (χ1n) is 8.12. The molecular weight excluding hydrogens is 384 g/mol. The van der Waals surface area contributed by atoms with Crippen molar-refractivity contribution in [2.24, 2.45) is 0 Å². The fraction of sp³-hybridized carbons (Fsp3) is 0.167. The Morgan fingerprint density at radius 1 is 1.29 bits per heavy atom. The van der Waals surface area contributed by atoms with Gasteiger partial charge in [-0.1, -0.05) is 30.0 Å². The van der Waals surface area contributed by atoms with E-state index >= 15 is 0 Å². The van der Waals surface area contributed by atoms with E-state index in [0.717, 1.165) is 22.9 Å². The molecule has 0 fully saturated rings. The van der Waals surface area contributed by atoms with Crippen LogP contribution >= 0.6 is 11.8 Å². The van der Waals surface area contributed by atoms with Gasteiger partial charge in [0.15, 0.2) is 0 Å². The predicted octanol–water partition coefficient (Wildman–Crippen LogP) is 3.69. The SMILES string of the molecule is COc1ccc(NC(=O)CSc2nnc(-c3ccccc3C)o2)c([N+](=O)[O-])c1. The van der Waals surface area contributed by atoms with E-state index in [1.165, 1.54) is 25.3 Å². The van der Waals surface area contributed by atoms with Gasteiger partial charge in [0.05, 0.1) is 23.9 Å². The van der Waals surface area contributed by atoms with Crippen molar-refractivity contribution in [1.29, 1.82) is 0 Å². The Morgan fingerprint density at radius 3 is 2.79 bits per heavy atom. The second-order valence-electron chi connectivity index (χ2n) is 5.67. The summed E-state index contributed by atoms with van der Waals surface area (Å²) < 4.78 is 10.5. The molecule has 0 bridgehead atoms. The quantitative estimate of drug-likeness (QED) is 0.362. The molecule has 1 amide bonds. The van der Waals surface area contributed by atoms with Crippen molar-refractivity contribution in [2.75, 3.05) is 18.2 Å². The van der Waals surface area contributed by atoms with Crippen molar-refractivity contribution in [3.05, 3.63) is 58.1 Å². The molecule has 3 rings (SSSR count). The summed E-state index contributed by atoms with van der Waals surface area (Å²) in [6.07, 6.45) is 0. The summed E-state index contributed by atoms with van der Waals surface area (Å²) in [7, 11) is 1.41. The lowest BCUT2D eigenvalue weighted by Crippen LogP contribution is -2.15. The van der Waals surface area contributed by atoms with Gasteiger partial charge in [0.1, 0.15) is 11.4 Å². The summed E-state index contributed by atoms with van der Waals surface area (Å²) in [5.41, 5.74) is 1.65. The molecule has 0 atom stereocenters. The summed E-state index contributed by atoms with van der Waals surface area (Å²) >= 11 is 1.04. The van der Waals surface area contributed by atoms with E-state index in [1.807, 2.05) is 31.2 Å². The summed E-state index contributed by atoms with van der Waals surface area (Å²) in [4.78, 5) is 22.8. The first-order chi connectivity index (χ1) is 13.5. The lowest BCUT2D eigenvalue weighted by molar-refractivity contribution is -0.384. The lowest BCUT2D eigenvalue weighted by atomic mass is 10.1. The third-order valence-corrected chi connectivity index (χ3v) is 4.60. The van der Waals surface area contributed by atoms with Crippen LogP contribution in [0.15, 0.2) is 52.1 Å². The number of carbonyl (C=O) groups excluding carboxylic acids is 1. The lowest BCUT2D eigenvalue weighted by Gasteiger charge is -2.06. The molecule has 1 heterocycles. The minimum atomic E-state index is -0.586. The average Bonchev–Trinajstić information content (AvgIpc) is 3.15. The number of thioether (sulfide) groups is 1. The standard InChI is InChI=1S/C18H16N4O5S/c1-11-5-3-4-6-13(11)17-20-21-18(27-17)28-10-16(23)19-14-8-7-12(26-2)9-15(14)22(24)25/h3-9H,10H2,1-2H3,(H,19,23). The fourth-order valence-electron chi connectivity index (χ4n) is 2.40. The highest BCUT2D eigenvalue weighted by Gasteiger charge is 2.18. The molecule has 0 aliphatic carbocycles. The molecule has 3 aromatic rings. The molecule has 0 unspecified atom stereocenters. The zero-order valence-electron chi connectivity index (χ0n) is 15.0. The van der Waals surface area contributed by atoms with Gasteiger partial charge in [0.25, 0.3) is 10.9 Å². The Kier molecular flexibility index (Phi) is 5.90. The highest BCUT2D eigenvalue weighted by atomic mass is 32.2. The third-order valence-electron chi connectivity index (χ3n) is 3.78. The smallest absolute Gasteiger partial charge is 0.296 e. The largest absolute Gasteiger partial charge is 0.496 e. The Morgan fingerprint density at radius 2 is 2.07 bits per heavy atom. The minimum absolute atomic E-state index is 0.0431. The summed E-state index contributed by atoms with van der Waals surface area (Å²) in [6.45, 7) is 1.93. The van der Waals surface area contributed by atoms with Crippen molar-refractivity contribution in [2.45, 2.75) is 12.1 Å². The highest BCUT2D eigenvalue weighted by Crippen LogP contribution is 2.30. The number of hydrogen-bond donors (Lipinski definition) is 1. The van der Waals surface area contributed by atoms with Gasteiger partial charge in [-0.3, -0.25) is 14.9 Å². The topological polar surface area (TPSA) is 120 Å². The number of nitro benzene ring substituents is 1. The number of aryl methyl sites for hydroxylation is 1. The van der Waals surface area contributed by atoms with Gasteiger partial charge in [0, 0.05) is 5.56 Å². The van der Waals surface area contributed by atoms with E-state index in [1.54, 1.807) is 0 Å². The van der Waals surface area contributed by atoms with Crippen LogP contribution in [0.4, 0.5) is 11.4 Å². The Labute approximate surface area is 164 Å². The van der Waals surface area contributed by atoms with Crippen molar-refractivity contribution in [1.82, 2.24) is 10.2 Å². The molecular formula is C18H16N4O5S. The van der Waals surface area contributed by atoms with Crippen LogP contribution in [0.5, 0.6) is 5.75 Å². The maximum Gasteiger partial charge on any atom is 0.296 e. The molecule has 144 valence electrons. The molecule has 0 spiro atoms. The van der Waals surface area contributed by atoms with Crippen molar-refractivity contribution < 1.29 is 18.9 Å². The zero-order chi connectivity index (χ0) is 20.1. The highest BCUT2D eigenvalue weighted by molar-refractivity contribution is 7.99. The molecule has 10 heteroatoms. The minimum Gasteiger partial charge on any atom is -0.496 e. The van der Waals surface area contributed by atoms with Gasteiger partial charge < -0.3 is 14.5 Å². The summed E-state index contributed by atoms with van der Waals surface area (Å²) in [5.74, 6) is 0.216. The molecule has 1 aromatic heterocycles.